The van der Waals surface area contributed by atoms with Crippen LogP contribution in [0.25, 0.3) is 16.5 Å². The second-order valence-electron chi connectivity index (χ2n) is 6.05. The van der Waals surface area contributed by atoms with Crippen molar-refractivity contribution in [2.75, 3.05) is 11.4 Å². The molecule has 2 heterocycles. The lowest BCUT2D eigenvalue weighted by molar-refractivity contribution is 0.411. The van der Waals surface area contributed by atoms with E-state index < -0.39 is 0 Å². The number of hydrogen-bond donors (Lipinski definition) is 4. The van der Waals surface area contributed by atoms with E-state index in [0.29, 0.717) is 11.3 Å². The minimum absolute atomic E-state index is 0.146. The highest BCUT2D eigenvalue weighted by Crippen LogP contribution is 2.33. The van der Waals surface area contributed by atoms with Crippen molar-refractivity contribution >= 4 is 28.0 Å². The zero-order chi connectivity index (χ0) is 16.8. The molecular formula is C19H17N3O2. The minimum atomic E-state index is 0.146. The standard InChI is InChI=1S/C19H17N3O2/c1-11-6-13(9-14(23)7-11)22-10-17(24)18(19(22)20)16-8-12-4-2-3-5-15(12)21-16/h2-9,20-21,23-24H,10H2,1H3. The molecule has 0 radical (unpaired) electrons. The number of aromatic hydroxyl groups is 1. The van der Waals surface area contributed by atoms with Crippen molar-refractivity contribution in [2.24, 2.45) is 0 Å². The second-order valence-corrected chi connectivity index (χ2v) is 6.05. The lowest BCUT2D eigenvalue weighted by atomic mass is 10.1. The third kappa shape index (κ3) is 2.22. The molecule has 0 spiro atoms. The fourth-order valence-electron chi connectivity index (χ4n) is 3.19. The van der Waals surface area contributed by atoms with Crippen LogP contribution in [0.15, 0.2) is 54.3 Å². The molecule has 24 heavy (non-hydrogen) atoms. The number of anilines is 1. The van der Waals surface area contributed by atoms with Crippen LogP contribution in [-0.2, 0) is 0 Å². The lowest BCUT2D eigenvalue weighted by Gasteiger charge is -2.19. The fourth-order valence-corrected chi connectivity index (χ4v) is 3.19. The first-order valence-corrected chi connectivity index (χ1v) is 7.70. The number of amidine groups is 1. The van der Waals surface area contributed by atoms with Gasteiger partial charge in [0.25, 0.3) is 0 Å². The molecule has 0 saturated heterocycles. The van der Waals surface area contributed by atoms with Gasteiger partial charge in [0.05, 0.1) is 17.8 Å². The molecule has 0 amide bonds. The summed E-state index contributed by atoms with van der Waals surface area (Å²) in [6.45, 7) is 2.10. The van der Waals surface area contributed by atoms with Gasteiger partial charge in [-0.15, -0.1) is 0 Å². The van der Waals surface area contributed by atoms with Gasteiger partial charge >= 0.3 is 0 Å². The molecule has 1 aliphatic heterocycles. The number of phenolic OH excluding ortho intramolecular Hbond substituents is 1. The quantitative estimate of drug-likeness (QED) is 0.577. The molecule has 0 unspecified atom stereocenters. The summed E-state index contributed by atoms with van der Waals surface area (Å²) in [5.41, 5.74) is 3.77. The SMILES string of the molecule is Cc1cc(O)cc(N2CC(O)=C(c3cc4ccccc4[nH]3)C2=N)c1. The van der Waals surface area contributed by atoms with E-state index in [9.17, 15) is 10.2 Å². The van der Waals surface area contributed by atoms with Crippen LogP contribution < -0.4 is 4.90 Å². The number of hydrogen-bond acceptors (Lipinski definition) is 3. The highest BCUT2D eigenvalue weighted by atomic mass is 16.3. The number of benzene rings is 2. The molecule has 120 valence electrons. The zero-order valence-corrected chi connectivity index (χ0v) is 13.2. The molecule has 0 aliphatic carbocycles. The van der Waals surface area contributed by atoms with Crippen LogP contribution in [0.3, 0.4) is 0 Å². The Balaban J connectivity index is 1.75. The molecule has 5 heteroatoms. The average Bonchev–Trinajstić information content (AvgIpc) is 3.06. The van der Waals surface area contributed by atoms with Crippen LogP contribution in [-0.4, -0.2) is 27.6 Å². The lowest BCUT2D eigenvalue weighted by Crippen LogP contribution is -2.26. The van der Waals surface area contributed by atoms with Gasteiger partial charge in [-0.2, -0.15) is 0 Å². The summed E-state index contributed by atoms with van der Waals surface area (Å²) in [5.74, 6) is 0.507. The number of rotatable bonds is 2. The predicted molar refractivity (Wildman–Crippen MR) is 95.8 cm³/mol. The maximum Gasteiger partial charge on any atom is 0.138 e. The molecule has 0 atom stereocenters. The first-order chi connectivity index (χ1) is 11.5. The zero-order valence-electron chi connectivity index (χ0n) is 13.2. The number of aliphatic hydroxyl groups is 1. The average molecular weight is 319 g/mol. The smallest absolute Gasteiger partial charge is 0.138 e. The Kier molecular flexibility index (Phi) is 3.09. The first-order valence-electron chi connectivity index (χ1n) is 7.70. The van der Waals surface area contributed by atoms with E-state index in [2.05, 4.69) is 4.98 Å². The van der Waals surface area contributed by atoms with Crippen molar-refractivity contribution < 1.29 is 10.2 Å². The van der Waals surface area contributed by atoms with E-state index in [-0.39, 0.29) is 23.9 Å². The summed E-state index contributed by atoms with van der Waals surface area (Å²) in [6, 6.07) is 14.9. The summed E-state index contributed by atoms with van der Waals surface area (Å²) < 4.78 is 0. The largest absolute Gasteiger partial charge is 0.510 e. The van der Waals surface area contributed by atoms with E-state index >= 15 is 0 Å². The number of H-pyrrole nitrogens is 1. The molecule has 3 aromatic rings. The first kappa shape index (κ1) is 14.4. The third-order valence-electron chi connectivity index (χ3n) is 4.26. The Morgan fingerprint density at radius 1 is 1.08 bits per heavy atom. The number of para-hydroxylation sites is 1. The van der Waals surface area contributed by atoms with Crippen molar-refractivity contribution in [1.82, 2.24) is 4.98 Å². The Morgan fingerprint density at radius 3 is 2.62 bits per heavy atom. The second kappa shape index (κ2) is 5.16. The van der Waals surface area contributed by atoms with Crippen LogP contribution in [0.1, 0.15) is 11.3 Å². The summed E-state index contributed by atoms with van der Waals surface area (Å²) in [6.07, 6.45) is 0. The van der Waals surface area contributed by atoms with Gasteiger partial charge in [-0.05, 0) is 36.8 Å². The molecule has 1 aliphatic rings. The number of phenols is 1. The summed E-state index contributed by atoms with van der Waals surface area (Å²) in [4.78, 5) is 4.94. The third-order valence-corrected chi connectivity index (χ3v) is 4.26. The number of aryl methyl sites for hydroxylation is 1. The Morgan fingerprint density at radius 2 is 1.88 bits per heavy atom. The number of aromatic nitrogens is 1. The van der Waals surface area contributed by atoms with E-state index in [0.717, 1.165) is 22.2 Å². The van der Waals surface area contributed by atoms with Gasteiger partial charge in [0.2, 0.25) is 0 Å². The van der Waals surface area contributed by atoms with Gasteiger partial charge in [0, 0.05) is 22.7 Å². The number of nitrogens with zero attached hydrogens (tertiary/aromatic N) is 1. The molecule has 0 saturated carbocycles. The van der Waals surface area contributed by atoms with E-state index in [1.807, 2.05) is 43.3 Å². The van der Waals surface area contributed by atoms with Crippen molar-refractivity contribution in [2.45, 2.75) is 6.92 Å². The van der Waals surface area contributed by atoms with Gasteiger partial charge in [-0.25, -0.2) is 0 Å². The summed E-state index contributed by atoms with van der Waals surface area (Å²) in [7, 11) is 0. The Bertz CT molecular complexity index is 948. The van der Waals surface area contributed by atoms with Crippen LogP contribution in [0.2, 0.25) is 0 Å². The molecule has 2 aromatic carbocycles. The van der Waals surface area contributed by atoms with Gasteiger partial charge in [-0.1, -0.05) is 18.2 Å². The highest BCUT2D eigenvalue weighted by Gasteiger charge is 2.30. The van der Waals surface area contributed by atoms with E-state index in [1.165, 1.54) is 0 Å². The number of aliphatic hydroxyl groups excluding tert-OH is 1. The normalized spacial score (nSPS) is 14.9. The topological polar surface area (TPSA) is 83.3 Å². The fraction of sp³-hybridized carbons (Fsp3) is 0.105. The van der Waals surface area contributed by atoms with Gasteiger partial charge in [0.15, 0.2) is 0 Å². The van der Waals surface area contributed by atoms with Crippen LogP contribution in [0, 0.1) is 12.3 Å². The predicted octanol–water partition coefficient (Wildman–Crippen LogP) is 3.95. The number of nitrogens with one attached hydrogen (secondary N) is 2. The number of aromatic amines is 1. The highest BCUT2D eigenvalue weighted by molar-refractivity contribution is 6.31. The van der Waals surface area contributed by atoms with Gasteiger partial charge in [-0.3, -0.25) is 5.41 Å². The molecule has 0 bridgehead atoms. The van der Waals surface area contributed by atoms with Crippen molar-refractivity contribution in [3.8, 4) is 5.75 Å². The Labute approximate surface area is 139 Å². The maximum absolute atomic E-state index is 10.4. The van der Waals surface area contributed by atoms with Crippen LogP contribution in [0.4, 0.5) is 5.69 Å². The van der Waals surface area contributed by atoms with Crippen molar-refractivity contribution in [3.05, 3.63) is 65.5 Å². The molecule has 0 fully saturated rings. The minimum Gasteiger partial charge on any atom is -0.510 e. The van der Waals surface area contributed by atoms with Crippen LogP contribution in [0.5, 0.6) is 5.75 Å². The molecular weight excluding hydrogens is 302 g/mol. The maximum atomic E-state index is 10.4. The van der Waals surface area contributed by atoms with Crippen LogP contribution >= 0.6 is 0 Å². The van der Waals surface area contributed by atoms with Crippen molar-refractivity contribution in [3.63, 3.8) is 0 Å². The summed E-state index contributed by atoms with van der Waals surface area (Å²) in [5, 5.41) is 29.8. The Hall–Kier alpha value is -3.21. The van der Waals surface area contributed by atoms with E-state index in [1.54, 1.807) is 17.0 Å². The molecule has 1 aromatic heterocycles. The monoisotopic (exact) mass is 319 g/mol. The summed E-state index contributed by atoms with van der Waals surface area (Å²) >= 11 is 0. The van der Waals surface area contributed by atoms with Gasteiger partial charge in [0.1, 0.15) is 17.3 Å². The molecule has 4 rings (SSSR count). The van der Waals surface area contributed by atoms with E-state index in [4.69, 9.17) is 5.41 Å². The molecule has 4 N–H and O–H groups in total. The molecule has 5 nitrogen and oxygen atoms in total. The van der Waals surface area contributed by atoms with Crippen molar-refractivity contribution in [1.29, 1.82) is 5.41 Å². The van der Waals surface area contributed by atoms with Gasteiger partial charge < -0.3 is 20.1 Å². The number of fused-ring (bicyclic) bond motifs is 1.